The lowest BCUT2D eigenvalue weighted by Gasteiger charge is -2.36. The van der Waals surface area contributed by atoms with Gasteiger partial charge in [-0.15, -0.1) is 10.2 Å². The predicted octanol–water partition coefficient (Wildman–Crippen LogP) is 4.33. The average molecular weight is 469 g/mol. The number of nitrogens with one attached hydrogen (secondary N) is 1. The second-order valence-corrected chi connectivity index (χ2v) is 9.91. The van der Waals surface area contributed by atoms with Gasteiger partial charge in [0.25, 0.3) is 0 Å². The smallest absolute Gasteiger partial charge is 0.205 e. The summed E-state index contributed by atoms with van der Waals surface area (Å²) in [5, 5.41) is 14.6. The molecule has 8 nitrogen and oxygen atoms in total. The van der Waals surface area contributed by atoms with Gasteiger partial charge in [0, 0.05) is 31.9 Å². The Balaban J connectivity index is 1.25. The van der Waals surface area contributed by atoms with Crippen LogP contribution in [0.4, 0.5) is 0 Å². The molecule has 6 rings (SSSR count). The molecule has 1 aliphatic carbocycles. The molecule has 0 radical (unpaired) electrons. The van der Waals surface area contributed by atoms with E-state index in [2.05, 4.69) is 85.8 Å². The molecule has 0 saturated heterocycles. The van der Waals surface area contributed by atoms with Crippen molar-refractivity contribution in [3.05, 3.63) is 66.0 Å². The van der Waals surface area contributed by atoms with Gasteiger partial charge in [0.1, 0.15) is 6.17 Å². The minimum Gasteiger partial charge on any atom is -0.361 e. The van der Waals surface area contributed by atoms with Crippen molar-refractivity contribution in [1.82, 2.24) is 35.3 Å². The normalized spacial score (nSPS) is 19.6. The van der Waals surface area contributed by atoms with Crippen molar-refractivity contribution in [2.24, 2.45) is 10.9 Å². The summed E-state index contributed by atoms with van der Waals surface area (Å²) in [6.07, 6.45) is 7.39. The van der Waals surface area contributed by atoms with Gasteiger partial charge in [-0.25, -0.2) is 4.99 Å². The number of nitrogens with zero attached hydrogens (tertiary/aromatic N) is 7. The lowest BCUT2D eigenvalue weighted by Crippen LogP contribution is -2.45. The summed E-state index contributed by atoms with van der Waals surface area (Å²) in [6.45, 7) is 5.15. The lowest BCUT2D eigenvalue weighted by molar-refractivity contribution is 0.232. The molecule has 1 atom stereocenters. The molecule has 3 aromatic rings. The van der Waals surface area contributed by atoms with Gasteiger partial charge in [0.05, 0.1) is 12.4 Å². The van der Waals surface area contributed by atoms with Crippen LogP contribution in [-0.4, -0.2) is 67.6 Å². The monoisotopic (exact) mass is 468 g/mol. The van der Waals surface area contributed by atoms with E-state index in [1.165, 1.54) is 29.9 Å². The Kier molecular flexibility index (Phi) is 5.72. The summed E-state index contributed by atoms with van der Waals surface area (Å²) in [5.74, 6) is 2.64. The summed E-state index contributed by atoms with van der Waals surface area (Å²) in [4.78, 5) is 12.5. The molecule has 180 valence electrons. The molecular weight excluding hydrogens is 436 g/mol. The van der Waals surface area contributed by atoms with Gasteiger partial charge in [-0.05, 0) is 47.1 Å². The van der Waals surface area contributed by atoms with Crippen molar-refractivity contribution in [2.75, 3.05) is 20.3 Å². The van der Waals surface area contributed by atoms with E-state index in [1.54, 1.807) is 0 Å². The number of hydrogen-bond acceptors (Lipinski definition) is 7. The first-order valence-corrected chi connectivity index (χ1v) is 12.6. The number of fused-ring (bicyclic) bond motifs is 1. The molecule has 0 amide bonds. The van der Waals surface area contributed by atoms with Crippen molar-refractivity contribution < 1.29 is 0 Å². The summed E-state index contributed by atoms with van der Waals surface area (Å²) >= 11 is 0. The SMILES string of the molecule is CCCC1N=C2C(=CN(C)CN2CC2CC2)N1Cc1ccc(-c2ccccc2-c2nn[nH]n2)cc1. The molecule has 35 heavy (non-hydrogen) atoms. The summed E-state index contributed by atoms with van der Waals surface area (Å²) < 4.78 is 0. The topological polar surface area (TPSA) is 76.5 Å². The summed E-state index contributed by atoms with van der Waals surface area (Å²) in [7, 11) is 2.17. The third kappa shape index (κ3) is 4.40. The van der Waals surface area contributed by atoms with Crippen LogP contribution in [0.25, 0.3) is 22.5 Å². The van der Waals surface area contributed by atoms with E-state index in [-0.39, 0.29) is 6.17 Å². The number of aliphatic imine (C=N–C) groups is 1. The summed E-state index contributed by atoms with van der Waals surface area (Å²) in [6, 6.07) is 17.1. The van der Waals surface area contributed by atoms with E-state index in [4.69, 9.17) is 4.99 Å². The minimum absolute atomic E-state index is 0.202. The fourth-order valence-corrected chi connectivity index (χ4v) is 5.14. The second kappa shape index (κ2) is 9.17. The molecule has 1 aromatic heterocycles. The number of benzene rings is 2. The van der Waals surface area contributed by atoms with Crippen molar-refractivity contribution in [3.63, 3.8) is 0 Å². The molecule has 2 aromatic carbocycles. The van der Waals surface area contributed by atoms with Crippen LogP contribution in [0.2, 0.25) is 0 Å². The van der Waals surface area contributed by atoms with Crippen LogP contribution in [0.5, 0.6) is 0 Å². The number of tetrazole rings is 1. The fourth-order valence-electron chi connectivity index (χ4n) is 5.14. The van der Waals surface area contributed by atoms with Crippen LogP contribution >= 0.6 is 0 Å². The highest BCUT2D eigenvalue weighted by Gasteiger charge is 2.38. The Hall–Kier alpha value is -3.68. The van der Waals surface area contributed by atoms with Gasteiger partial charge in [0.2, 0.25) is 5.82 Å². The zero-order valence-electron chi connectivity index (χ0n) is 20.4. The largest absolute Gasteiger partial charge is 0.361 e. The van der Waals surface area contributed by atoms with Gasteiger partial charge in [-0.3, -0.25) is 0 Å². The first-order valence-electron chi connectivity index (χ1n) is 12.6. The first-order chi connectivity index (χ1) is 17.2. The maximum absolute atomic E-state index is 5.23. The highest BCUT2D eigenvalue weighted by Crippen LogP contribution is 2.35. The van der Waals surface area contributed by atoms with Gasteiger partial charge >= 0.3 is 0 Å². The molecule has 1 unspecified atom stereocenters. The molecule has 3 heterocycles. The Labute approximate surface area is 206 Å². The standard InChI is InChI=1S/C27H32N8/c1-3-6-25-28-27-24(17-33(2)18-34(27)15-19-9-10-19)35(25)16-20-11-13-21(14-12-20)22-7-4-5-8-23(22)26-29-31-32-30-26/h4-5,7-8,11-14,17,19,25H,3,6,9-10,15-16,18H2,1-2H3,(H,29,30,31,32). The van der Waals surface area contributed by atoms with Crippen LogP contribution in [0.1, 0.15) is 38.2 Å². The quantitative estimate of drug-likeness (QED) is 0.530. The van der Waals surface area contributed by atoms with E-state index >= 15 is 0 Å². The third-order valence-electron chi connectivity index (χ3n) is 7.06. The van der Waals surface area contributed by atoms with Crippen LogP contribution in [0.3, 0.4) is 0 Å². The average Bonchev–Trinajstić information content (AvgIpc) is 3.39. The highest BCUT2D eigenvalue weighted by atomic mass is 15.5. The van der Waals surface area contributed by atoms with Crippen LogP contribution in [0, 0.1) is 5.92 Å². The zero-order chi connectivity index (χ0) is 23.8. The number of hydrogen-bond donors (Lipinski definition) is 1. The van der Waals surface area contributed by atoms with Gasteiger partial charge < -0.3 is 14.7 Å². The number of rotatable bonds is 8. The molecule has 1 N–H and O–H groups in total. The van der Waals surface area contributed by atoms with Crippen LogP contribution in [-0.2, 0) is 6.54 Å². The molecule has 2 aliphatic heterocycles. The van der Waals surface area contributed by atoms with E-state index in [0.29, 0.717) is 5.82 Å². The second-order valence-electron chi connectivity index (χ2n) is 9.91. The first kappa shape index (κ1) is 21.8. The van der Waals surface area contributed by atoms with Crippen LogP contribution < -0.4 is 0 Å². The third-order valence-corrected chi connectivity index (χ3v) is 7.06. The zero-order valence-corrected chi connectivity index (χ0v) is 20.4. The maximum Gasteiger partial charge on any atom is 0.205 e. The molecular formula is C27H32N8. The van der Waals surface area contributed by atoms with E-state index in [9.17, 15) is 0 Å². The fraction of sp³-hybridized carbons (Fsp3) is 0.407. The van der Waals surface area contributed by atoms with E-state index < -0.39 is 0 Å². The van der Waals surface area contributed by atoms with Crippen molar-refractivity contribution in [2.45, 2.75) is 45.3 Å². The van der Waals surface area contributed by atoms with E-state index in [0.717, 1.165) is 55.2 Å². The van der Waals surface area contributed by atoms with Gasteiger partial charge in [-0.2, -0.15) is 5.21 Å². The molecule has 8 heteroatoms. The number of amidine groups is 1. The Morgan fingerprint density at radius 3 is 2.54 bits per heavy atom. The molecule has 0 spiro atoms. The van der Waals surface area contributed by atoms with Crippen molar-refractivity contribution in [3.8, 4) is 22.5 Å². The molecule has 1 saturated carbocycles. The predicted molar refractivity (Wildman–Crippen MR) is 137 cm³/mol. The molecule has 3 aliphatic rings. The molecule has 0 bridgehead atoms. The maximum atomic E-state index is 5.23. The highest BCUT2D eigenvalue weighted by molar-refractivity contribution is 6.00. The van der Waals surface area contributed by atoms with Gasteiger partial charge in [0.15, 0.2) is 5.84 Å². The minimum atomic E-state index is 0.202. The van der Waals surface area contributed by atoms with Crippen LogP contribution in [0.15, 0.2) is 65.4 Å². The van der Waals surface area contributed by atoms with Gasteiger partial charge in [-0.1, -0.05) is 61.9 Å². The van der Waals surface area contributed by atoms with Crippen molar-refractivity contribution in [1.29, 1.82) is 0 Å². The Bertz CT molecular complexity index is 1230. The Morgan fingerprint density at radius 1 is 1.03 bits per heavy atom. The Morgan fingerprint density at radius 2 is 1.83 bits per heavy atom. The number of aromatic nitrogens is 4. The van der Waals surface area contributed by atoms with Crippen molar-refractivity contribution >= 4 is 5.84 Å². The van der Waals surface area contributed by atoms with E-state index in [1.807, 2.05) is 18.2 Å². The molecule has 1 fully saturated rings. The lowest BCUT2D eigenvalue weighted by atomic mass is 9.98. The number of H-pyrrole nitrogens is 1. The number of aromatic amines is 1. The summed E-state index contributed by atoms with van der Waals surface area (Å²) in [5.41, 5.74) is 5.77.